The molecule has 0 spiro atoms. The highest BCUT2D eigenvalue weighted by molar-refractivity contribution is 5.99. The molecule has 1 heterocycles. The first-order chi connectivity index (χ1) is 14.0. The molecule has 3 N–H and O–H groups in total. The van der Waals surface area contributed by atoms with Gasteiger partial charge in [0.05, 0.1) is 0 Å². The molecule has 3 rings (SSSR count). The number of aliphatic carboxylic acids is 1. The third-order valence-corrected chi connectivity index (χ3v) is 4.65. The summed E-state index contributed by atoms with van der Waals surface area (Å²) in [7, 11) is 0. The Balaban J connectivity index is 1.89. The van der Waals surface area contributed by atoms with Crippen molar-refractivity contribution >= 4 is 23.7 Å². The van der Waals surface area contributed by atoms with Gasteiger partial charge in [-0.1, -0.05) is 48.5 Å². The van der Waals surface area contributed by atoms with E-state index in [0.29, 0.717) is 5.56 Å². The highest BCUT2D eigenvalue weighted by atomic mass is 16.4. The van der Waals surface area contributed by atoms with Crippen LogP contribution in [0.1, 0.15) is 28.8 Å². The number of carbonyl (C=O) groups is 4. The van der Waals surface area contributed by atoms with Crippen LogP contribution in [-0.4, -0.2) is 45.9 Å². The van der Waals surface area contributed by atoms with E-state index in [1.54, 1.807) is 60.7 Å². The summed E-state index contributed by atoms with van der Waals surface area (Å²) in [5.41, 5.74) is 3.37. The van der Waals surface area contributed by atoms with Crippen LogP contribution in [0, 0.1) is 0 Å². The number of benzene rings is 2. The Bertz CT molecular complexity index is 901. The number of carboxylic acid groups (broad SMARTS) is 1. The van der Waals surface area contributed by atoms with Gasteiger partial charge in [-0.25, -0.2) is 9.80 Å². The summed E-state index contributed by atoms with van der Waals surface area (Å²) in [6, 6.07) is 14.8. The predicted octanol–water partition coefficient (Wildman–Crippen LogP) is 1.13. The third-order valence-electron chi connectivity index (χ3n) is 4.65. The average molecular weight is 395 g/mol. The maximum absolute atomic E-state index is 13.1. The van der Waals surface area contributed by atoms with Gasteiger partial charge in [0.2, 0.25) is 5.91 Å². The quantitative estimate of drug-likeness (QED) is 0.634. The van der Waals surface area contributed by atoms with Crippen molar-refractivity contribution in [2.24, 2.45) is 0 Å². The summed E-state index contributed by atoms with van der Waals surface area (Å²) in [6.45, 7) is 0. The van der Waals surface area contributed by atoms with Gasteiger partial charge in [-0.3, -0.25) is 19.8 Å². The maximum Gasteiger partial charge on any atom is 0.328 e. The zero-order valence-corrected chi connectivity index (χ0v) is 15.6. The minimum Gasteiger partial charge on any atom is -0.480 e. The number of rotatable bonds is 6. The minimum atomic E-state index is -1.33. The molecule has 8 nitrogen and oxygen atoms in total. The number of hydrogen-bond donors (Lipinski definition) is 3. The molecule has 8 heteroatoms. The summed E-state index contributed by atoms with van der Waals surface area (Å²) >= 11 is 0. The summed E-state index contributed by atoms with van der Waals surface area (Å²) in [6.07, 6.45) is 0.498. The zero-order valence-electron chi connectivity index (χ0n) is 15.6. The van der Waals surface area contributed by atoms with Crippen LogP contribution in [0.25, 0.3) is 0 Å². The van der Waals surface area contributed by atoms with E-state index in [-0.39, 0.29) is 30.7 Å². The molecule has 1 aliphatic rings. The van der Waals surface area contributed by atoms with Crippen molar-refractivity contribution < 1.29 is 24.3 Å². The van der Waals surface area contributed by atoms with Gasteiger partial charge >= 0.3 is 5.97 Å². The number of amides is 3. The van der Waals surface area contributed by atoms with Crippen LogP contribution in [0.3, 0.4) is 0 Å². The second-order valence-electron chi connectivity index (χ2n) is 6.72. The van der Waals surface area contributed by atoms with Gasteiger partial charge in [0.1, 0.15) is 6.04 Å². The normalized spacial score (nSPS) is 16.6. The highest BCUT2D eigenvalue weighted by Gasteiger charge is 2.35. The maximum atomic E-state index is 13.1. The van der Waals surface area contributed by atoms with Gasteiger partial charge < -0.3 is 10.4 Å². The van der Waals surface area contributed by atoms with Crippen molar-refractivity contribution in [1.82, 2.24) is 15.8 Å². The van der Waals surface area contributed by atoms with Gasteiger partial charge in [-0.15, -0.1) is 0 Å². The number of hydrogen-bond acceptors (Lipinski definition) is 4. The topological polar surface area (TPSA) is 116 Å². The number of nitrogens with zero attached hydrogens (tertiary/aromatic N) is 1. The molecule has 0 saturated carbocycles. The first-order valence-electron chi connectivity index (χ1n) is 9.21. The lowest BCUT2D eigenvalue weighted by molar-refractivity contribution is -0.145. The van der Waals surface area contributed by atoms with Crippen molar-refractivity contribution in [3.05, 3.63) is 71.8 Å². The van der Waals surface area contributed by atoms with E-state index in [1.165, 1.54) is 0 Å². The lowest BCUT2D eigenvalue weighted by Crippen LogP contribution is -2.58. The Labute approximate surface area is 167 Å². The fraction of sp³-hybridized carbons (Fsp3) is 0.238. The summed E-state index contributed by atoms with van der Waals surface area (Å²) < 4.78 is 0. The third kappa shape index (κ3) is 4.98. The van der Waals surface area contributed by atoms with Gasteiger partial charge in [-0.2, -0.15) is 0 Å². The van der Waals surface area contributed by atoms with Crippen LogP contribution in [0.2, 0.25) is 0 Å². The average Bonchev–Trinajstić information content (AvgIpc) is 3.17. The van der Waals surface area contributed by atoms with Gasteiger partial charge in [0.25, 0.3) is 11.8 Å². The van der Waals surface area contributed by atoms with Crippen molar-refractivity contribution in [1.29, 1.82) is 0 Å². The second-order valence-corrected chi connectivity index (χ2v) is 6.72. The second kappa shape index (κ2) is 9.01. The predicted molar refractivity (Wildman–Crippen MR) is 103 cm³/mol. The molecular weight excluding hydrogens is 374 g/mol. The van der Waals surface area contributed by atoms with Crippen LogP contribution in [0.5, 0.6) is 0 Å². The summed E-state index contributed by atoms with van der Waals surface area (Å²) in [5, 5.41) is 13.2. The molecule has 0 aliphatic carbocycles. The lowest BCUT2D eigenvalue weighted by atomic mass is 10.0. The fourth-order valence-electron chi connectivity index (χ4n) is 3.12. The number of carbonyl (C=O) groups excluding carboxylic acids is 3. The lowest BCUT2D eigenvalue weighted by Gasteiger charge is -2.30. The molecule has 0 radical (unpaired) electrons. The molecule has 1 saturated heterocycles. The van der Waals surface area contributed by atoms with E-state index in [1.807, 2.05) is 0 Å². The zero-order chi connectivity index (χ0) is 20.8. The Morgan fingerprint density at radius 1 is 1.07 bits per heavy atom. The number of hydrazine groups is 1. The molecule has 1 aliphatic heterocycles. The smallest absolute Gasteiger partial charge is 0.328 e. The molecule has 29 heavy (non-hydrogen) atoms. The molecule has 3 amide bonds. The van der Waals surface area contributed by atoms with Crippen LogP contribution in [-0.2, 0) is 20.8 Å². The van der Waals surface area contributed by atoms with Crippen LogP contribution in [0.4, 0.5) is 0 Å². The molecule has 2 aromatic rings. The standard InChI is InChI=1S/C21H21N3O5/c25-18-12-11-16(22-18)19(26)23-24(20(27)15-9-5-2-6-10-15)17(21(28)29)13-14-7-3-1-4-8-14/h1-10,16-17H,11-13H2,(H,22,25)(H,23,26)(H,28,29)/t16-,17-/m0/s1. The Kier molecular flexibility index (Phi) is 6.23. The molecule has 0 unspecified atom stereocenters. The molecule has 1 fully saturated rings. The number of nitrogens with one attached hydrogen (secondary N) is 2. The van der Waals surface area contributed by atoms with E-state index >= 15 is 0 Å². The minimum absolute atomic E-state index is 0.00600. The van der Waals surface area contributed by atoms with E-state index in [4.69, 9.17) is 0 Å². The first-order valence-corrected chi connectivity index (χ1v) is 9.21. The molecular formula is C21H21N3O5. The first kappa shape index (κ1) is 20.1. The fourth-order valence-corrected chi connectivity index (χ4v) is 3.12. The molecule has 150 valence electrons. The van der Waals surface area contributed by atoms with Crippen molar-refractivity contribution in [3.63, 3.8) is 0 Å². The largest absolute Gasteiger partial charge is 0.480 e. The number of carboxylic acids is 1. The van der Waals surface area contributed by atoms with Crippen molar-refractivity contribution in [2.45, 2.75) is 31.3 Å². The summed E-state index contributed by atoms with van der Waals surface area (Å²) in [4.78, 5) is 49.1. The van der Waals surface area contributed by atoms with Crippen LogP contribution in [0.15, 0.2) is 60.7 Å². The molecule has 2 aromatic carbocycles. The van der Waals surface area contributed by atoms with E-state index in [9.17, 15) is 24.3 Å². The van der Waals surface area contributed by atoms with Crippen molar-refractivity contribution in [3.8, 4) is 0 Å². The molecule has 2 atom stereocenters. The van der Waals surface area contributed by atoms with E-state index in [0.717, 1.165) is 5.01 Å². The van der Waals surface area contributed by atoms with Crippen molar-refractivity contribution in [2.75, 3.05) is 0 Å². The van der Waals surface area contributed by atoms with Crippen LogP contribution < -0.4 is 10.7 Å². The van der Waals surface area contributed by atoms with Gasteiger partial charge in [-0.05, 0) is 24.1 Å². The van der Waals surface area contributed by atoms with E-state index < -0.39 is 29.9 Å². The Hall–Kier alpha value is -3.68. The summed E-state index contributed by atoms with van der Waals surface area (Å²) in [5.74, 6) is -2.79. The Morgan fingerprint density at radius 3 is 2.24 bits per heavy atom. The molecule has 0 aromatic heterocycles. The van der Waals surface area contributed by atoms with Crippen LogP contribution >= 0.6 is 0 Å². The van der Waals surface area contributed by atoms with E-state index in [2.05, 4.69) is 10.7 Å². The molecule has 0 bridgehead atoms. The van der Waals surface area contributed by atoms with Gasteiger partial charge in [0, 0.05) is 18.4 Å². The van der Waals surface area contributed by atoms with Gasteiger partial charge in [0.15, 0.2) is 6.04 Å². The highest BCUT2D eigenvalue weighted by Crippen LogP contribution is 2.14. The SMILES string of the molecule is O=C1CC[C@@H](C(=O)NN(C(=O)c2ccccc2)[C@@H](Cc2ccccc2)C(=O)O)N1. The Morgan fingerprint density at radius 2 is 1.69 bits per heavy atom. The monoisotopic (exact) mass is 395 g/mol.